The van der Waals surface area contributed by atoms with Crippen LogP contribution in [0.3, 0.4) is 0 Å². The van der Waals surface area contributed by atoms with Crippen molar-refractivity contribution in [3.05, 3.63) is 40.6 Å². The maximum Gasteiger partial charge on any atom is 0.235 e. The molecule has 0 aliphatic carbocycles. The smallest absolute Gasteiger partial charge is 0.235 e. The molecule has 0 atom stereocenters. The van der Waals surface area contributed by atoms with E-state index in [0.717, 1.165) is 0 Å². The summed E-state index contributed by atoms with van der Waals surface area (Å²) in [5.74, 6) is 1.39. The molecule has 0 aliphatic rings. The van der Waals surface area contributed by atoms with E-state index >= 15 is 0 Å². The monoisotopic (exact) mass is 386 g/mol. The van der Waals surface area contributed by atoms with Crippen LogP contribution >= 0.6 is 0 Å². The average Bonchev–Trinajstić information content (AvgIpc) is 2.71. The van der Waals surface area contributed by atoms with Gasteiger partial charge in [-0.3, -0.25) is 4.79 Å². The maximum atomic E-state index is 12.7. The van der Waals surface area contributed by atoms with Gasteiger partial charge in [0, 0.05) is 11.6 Å². The molecule has 2 aromatic carbocycles. The van der Waals surface area contributed by atoms with Gasteiger partial charge in [0.25, 0.3) is 0 Å². The lowest BCUT2D eigenvalue weighted by molar-refractivity contribution is 0.288. The molecule has 3 rings (SSSR count). The molecule has 0 amide bonds. The van der Waals surface area contributed by atoms with Gasteiger partial charge in [0.05, 0.1) is 32.8 Å². The molecule has 0 fully saturated rings. The Morgan fingerprint density at radius 2 is 1.54 bits per heavy atom. The molecule has 0 radical (unpaired) electrons. The number of hydrogen-bond acceptors (Lipinski definition) is 7. The topological polar surface area (TPSA) is 87.4 Å². The van der Waals surface area contributed by atoms with Crippen LogP contribution in [0.5, 0.6) is 28.7 Å². The molecule has 0 unspecified atom stereocenters. The highest BCUT2D eigenvalue weighted by atomic mass is 16.5. The van der Waals surface area contributed by atoms with Crippen molar-refractivity contribution in [1.82, 2.24) is 0 Å². The minimum absolute atomic E-state index is 0.0359. The Hall–Kier alpha value is -3.35. The summed E-state index contributed by atoms with van der Waals surface area (Å²) >= 11 is 0. The average molecular weight is 386 g/mol. The third-order valence-corrected chi connectivity index (χ3v) is 4.18. The lowest BCUT2D eigenvalue weighted by Crippen LogP contribution is -2.04. The van der Waals surface area contributed by atoms with Crippen molar-refractivity contribution in [3.8, 4) is 40.1 Å². The van der Waals surface area contributed by atoms with E-state index in [9.17, 15) is 9.90 Å². The van der Waals surface area contributed by atoms with Gasteiger partial charge in [0.1, 0.15) is 5.58 Å². The molecule has 0 aliphatic heterocycles. The minimum Gasteiger partial charge on any atom is -0.502 e. The van der Waals surface area contributed by atoms with Gasteiger partial charge in [0.2, 0.25) is 11.2 Å². The number of aromatic hydroxyl groups is 1. The number of ether oxygens (including phenoxy) is 4. The first-order valence-corrected chi connectivity index (χ1v) is 8.85. The fourth-order valence-corrected chi connectivity index (χ4v) is 2.90. The third kappa shape index (κ3) is 3.43. The van der Waals surface area contributed by atoms with Crippen LogP contribution in [-0.2, 0) is 0 Å². The quantitative estimate of drug-likeness (QED) is 0.657. The standard InChI is InChI=1S/C21H22O7/c1-5-26-14-8-7-12(9-18(14)27-6-2)21-20(23)19(22)13-10-16(24-3)17(25-4)11-15(13)28-21/h7-11,23H,5-6H2,1-4H3. The second kappa shape index (κ2) is 8.12. The molecule has 3 aromatic rings. The first kappa shape index (κ1) is 19.4. The van der Waals surface area contributed by atoms with Gasteiger partial charge in [-0.25, -0.2) is 0 Å². The Bertz CT molecular complexity index is 1050. The first-order valence-electron chi connectivity index (χ1n) is 8.85. The summed E-state index contributed by atoms with van der Waals surface area (Å²) in [6.45, 7) is 4.65. The zero-order chi connectivity index (χ0) is 20.3. The lowest BCUT2D eigenvalue weighted by Gasteiger charge is -2.13. The van der Waals surface area contributed by atoms with E-state index in [-0.39, 0.29) is 16.7 Å². The van der Waals surface area contributed by atoms with Gasteiger partial charge in [-0.15, -0.1) is 0 Å². The fraction of sp³-hybridized carbons (Fsp3) is 0.286. The van der Waals surface area contributed by atoms with Crippen molar-refractivity contribution in [3.63, 3.8) is 0 Å². The minimum atomic E-state index is -0.566. The SMILES string of the molecule is CCOc1ccc(-c2oc3cc(OC)c(OC)cc3c(=O)c2O)cc1OCC. The Balaban J connectivity index is 2.22. The highest BCUT2D eigenvalue weighted by Crippen LogP contribution is 2.38. The van der Waals surface area contributed by atoms with Crippen LogP contribution < -0.4 is 24.4 Å². The van der Waals surface area contributed by atoms with Gasteiger partial charge < -0.3 is 28.5 Å². The molecular weight excluding hydrogens is 364 g/mol. The molecule has 1 heterocycles. The normalized spacial score (nSPS) is 10.7. The number of rotatable bonds is 7. The summed E-state index contributed by atoms with van der Waals surface area (Å²) in [5, 5.41) is 10.7. The largest absolute Gasteiger partial charge is 0.502 e. The Morgan fingerprint density at radius 1 is 0.893 bits per heavy atom. The van der Waals surface area contributed by atoms with Crippen molar-refractivity contribution in [1.29, 1.82) is 0 Å². The summed E-state index contributed by atoms with van der Waals surface area (Å²) in [6, 6.07) is 8.10. The zero-order valence-electron chi connectivity index (χ0n) is 16.2. The van der Waals surface area contributed by atoms with Crippen LogP contribution in [-0.4, -0.2) is 32.5 Å². The molecule has 0 bridgehead atoms. The number of benzene rings is 2. The van der Waals surface area contributed by atoms with Gasteiger partial charge in [-0.2, -0.15) is 0 Å². The highest BCUT2D eigenvalue weighted by molar-refractivity contribution is 5.85. The summed E-state index contributed by atoms with van der Waals surface area (Å²) < 4.78 is 27.5. The third-order valence-electron chi connectivity index (χ3n) is 4.18. The molecule has 148 valence electrons. The van der Waals surface area contributed by atoms with E-state index in [4.69, 9.17) is 23.4 Å². The number of hydrogen-bond donors (Lipinski definition) is 1. The number of fused-ring (bicyclic) bond motifs is 1. The molecule has 0 saturated carbocycles. The van der Waals surface area contributed by atoms with Crippen molar-refractivity contribution in [2.24, 2.45) is 0 Å². The molecule has 7 heteroatoms. The van der Waals surface area contributed by atoms with Gasteiger partial charge in [-0.05, 0) is 38.1 Å². The van der Waals surface area contributed by atoms with Crippen LogP contribution in [0.25, 0.3) is 22.3 Å². The highest BCUT2D eigenvalue weighted by Gasteiger charge is 2.19. The van der Waals surface area contributed by atoms with E-state index in [2.05, 4.69) is 0 Å². The van der Waals surface area contributed by atoms with Gasteiger partial charge >= 0.3 is 0 Å². The summed E-state index contributed by atoms with van der Waals surface area (Å²) in [5.41, 5.74) is 0.185. The van der Waals surface area contributed by atoms with Crippen molar-refractivity contribution in [2.45, 2.75) is 13.8 Å². The molecule has 1 N–H and O–H groups in total. The van der Waals surface area contributed by atoms with E-state index < -0.39 is 11.2 Å². The van der Waals surface area contributed by atoms with Crippen LogP contribution in [0.2, 0.25) is 0 Å². The van der Waals surface area contributed by atoms with Crippen molar-refractivity contribution < 1.29 is 28.5 Å². The number of methoxy groups -OCH3 is 2. The summed E-state index contributed by atoms with van der Waals surface area (Å²) in [6.07, 6.45) is 0. The molecule has 1 aromatic heterocycles. The molecule has 7 nitrogen and oxygen atoms in total. The Kier molecular flexibility index (Phi) is 5.63. The molecule has 0 spiro atoms. The second-order valence-corrected chi connectivity index (χ2v) is 5.84. The fourth-order valence-electron chi connectivity index (χ4n) is 2.90. The van der Waals surface area contributed by atoms with Crippen LogP contribution in [0, 0.1) is 0 Å². The van der Waals surface area contributed by atoms with E-state index in [1.807, 2.05) is 13.8 Å². The predicted molar refractivity (Wildman–Crippen MR) is 105 cm³/mol. The van der Waals surface area contributed by atoms with Crippen LogP contribution in [0.4, 0.5) is 0 Å². The van der Waals surface area contributed by atoms with E-state index in [1.165, 1.54) is 20.3 Å². The molecular formula is C21H22O7. The first-order chi connectivity index (χ1) is 13.5. The molecule has 0 saturated heterocycles. The van der Waals surface area contributed by atoms with Crippen molar-refractivity contribution in [2.75, 3.05) is 27.4 Å². The summed E-state index contributed by atoms with van der Waals surface area (Å²) in [7, 11) is 2.96. The maximum absolute atomic E-state index is 12.7. The zero-order valence-corrected chi connectivity index (χ0v) is 16.2. The summed E-state index contributed by atoms with van der Waals surface area (Å²) in [4.78, 5) is 12.7. The van der Waals surface area contributed by atoms with Gasteiger partial charge in [0.15, 0.2) is 28.8 Å². The Morgan fingerprint density at radius 3 is 2.18 bits per heavy atom. The molecule has 28 heavy (non-hydrogen) atoms. The van der Waals surface area contributed by atoms with Crippen LogP contribution in [0.15, 0.2) is 39.5 Å². The Labute approximate surface area is 162 Å². The second-order valence-electron chi connectivity index (χ2n) is 5.84. The van der Waals surface area contributed by atoms with Crippen molar-refractivity contribution >= 4 is 11.0 Å². The van der Waals surface area contributed by atoms with Gasteiger partial charge in [-0.1, -0.05) is 0 Å². The van der Waals surface area contributed by atoms with E-state index in [1.54, 1.807) is 24.3 Å². The van der Waals surface area contributed by atoms with Crippen LogP contribution in [0.1, 0.15) is 13.8 Å². The lowest BCUT2D eigenvalue weighted by atomic mass is 10.1. The van der Waals surface area contributed by atoms with E-state index in [0.29, 0.717) is 41.8 Å². The predicted octanol–water partition coefficient (Wildman–Crippen LogP) is 3.98.